The van der Waals surface area contributed by atoms with E-state index in [9.17, 15) is 23.1 Å². The van der Waals surface area contributed by atoms with E-state index in [4.69, 9.17) is 12.2 Å². The Morgan fingerprint density at radius 1 is 1.24 bits per heavy atom. The molecule has 192 valence electrons. The number of aryl methyl sites for hydroxylation is 1. The molecule has 5 rings (SSSR count). The minimum absolute atomic E-state index is 0.0148. The minimum Gasteiger partial charge on any atom is -0.387 e. The molecule has 0 aliphatic carbocycles. The molecule has 2 aliphatic heterocycles. The van der Waals surface area contributed by atoms with Gasteiger partial charge in [-0.3, -0.25) is 18.9 Å². The SMILES string of the molecule is Cc1cccn2c(=O)c(/C=C3\SC(=S)N([C@@H]4CCS(=O)(=O)C4)C3=O)c(NC[C@@H](O)c3ccccc3)nc12. The number of carbonyl (C=O) groups excluding carboxylic acids is 1. The Morgan fingerprint density at radius 3 is 2.70 bits per heavy atom. The van der Waals surface area contributed by atoms with Crippen LogP contribution in [0.2, 0.25) is 0 Å². The second kappa shape index (κ2) is 10.0. The van der Waals surface area contributed by atoms with E-state index in [1.165, 1.54) is 15.4 Å². The Kier molecular flexibility index (Phi) is 6.92. The Hall–Kier alpha value is -3.06. The standard InChI is InChI=1S/C25H24N4O5S3/c1-15-6-5-10-28-22(15)27-21(26-13-19(30)16-7-3-2-4-8-16)18(23(28)31)12-20-24(32)29(25(35)36-20)17-9-11-37(33,34)14-17/h2-8,10,12,17,19,26,30H,9,11,13-14H2,1H3/b20-12-/t17-,19-/m1/s1. The highest BCUT2D eigenvalue weighted by Crippen LogP contribution is 2.36. The van der Waals surface area contributed by atoms with Gasteiger partial charge in [-0.25, -0.2) is 13.4 Å². The number of carbonyl (C=O) groups is 1. The van der Waals surface area contributed by atoms with Gasteiger partial charge < -0.3 is 10.4 Å². The summed E-state index contributed by atoms with van der Waals surface area (Å²) in [6.45, 7) is 1.92. The third kappa shape index (κ3) is 5.06. The van der Waals surface area contributed by atoms with Crippen molar-refractivity contribution in [2.24, 2.45) is 0 Å². The number of thiocarbonyl (C=S) groups is 1. The lowest BCUT2D eigenvalue weighted by Crippen LogP contribution is -2.39. The molecule has 2 saturated heterocycles. The number of hydrogen-bond donors (Lipinski definition) is 2. The smallest absolute Gasteiger partial charge is 0.267 e. The molecule has 0 saturated carbocycles. The van der Waals surface area contributed by atoms with Gasteiger partial charge in [0.1, 0.15) is 15.8 Å². The van der Waals surface area contributed by atoms with Gasteiger partial charge in [0, 0.05) is 12.7 Å². The van der Waals surface area contributed by atoms with Crippen molar-refractivity contribution in [2.75, 3.05) is 23.4 Å². The molecule has 3 aromatic rings. The van der Waals surface area contributed by atoms with E-state index in [0.717, 1.165) is 17.3 Å². The largest absolute Gasteiger partial charge is 0.387 e. The molecule has 2 N–H and O–H groups in total. The van der Waals surface area contributed by atoms with Gasteiger partial charge in [-0.2, -0.15) is 0 Å². The van der Waals surface area contributed by atoms with Gasteiger partial charge in [0.25, 0.3) is 11.5 Å². The Morgan fingerprint density at radius 2 is 2.00 bits per heavy atom. The number of fused-ring (bicyclic) bond motifs is 1. The first kappa shape index (κ1) is 25.6. The Bertz CT molecular complexity index is 1600. The van der Waals surface area contributed by atoms with Crippen LogP contribution in [0.25, 0.3) is 11.7 Å². The number of anilines is 1. The van der Waals surface area contributed by atoms with Gasteiger partial charge in [0.05, 0.1) is 34.1 Å². The second-order valence-corrected chi connectivity index (χ2v) is 12.9. The predicted octanol–water partition coefficient (Wildman–Crippen LogP) is 2.54. The van der Waals surface area contributed by atoms with Crippen molar-refractivity contribution in [2.45, 2.75) is 25.5 Å². The maximum atomic E-state index is 13.5. The lowest BCUT2D eigenvalue weighted by molar-refractivity contribution is -0.123. The fourth-order valence-electron chi connectivity index (χ4n) is 4.47. The Labute approximate surface area is 223 Å². The number of rotatable bonds is 6. The number of nitrogens with one attached hydrogen (secondary N) is 1. The van der Waals surface area contributed by atoms with Crippen molar-refractivity contribution in [1.82, 2.24) is 14.3 Å². The summed E-state index contributed by atoms with van der Waals surface area (Å²) in [6.07, 6.45) is 2.52. The minimum atomic E-state index is -3.22. The first-order valence-corrected chi connectivity index (χ1v) is 14.7. The van der Waals surface area contributed by atoms with E-state index in [-0.39, 0.29) is 44.2 Å². The van der Waals surface area contributed by atoms with Crippen LogP contribution >= 0.6 is 24.0 Å². The maximum Gasteiger partial charge on any atom is 0.267 e. The summed E-state index contributed by atoms with van der Waals surface area (Å²) in [6, 6.07) is 12.2. The highest BCUT2D eigenvalue weighted by Gasteiger charge is 2.42. The fraction of sp³-hybridized carbons (Fsp3) is 0.280. The van der Waals surface area contributed by atoms with Crippen LogP contribution in [0.3, 0.4) is 0 Å². The second-order valence-electron chi connectivity index (χ2n) is 8.98. The van der Waals surface area contributed by atoms with E-state index in [0.29, 0.717) is 17.6 Å². The highest BCUT2D eigenvalue weighted by atomic mass is 32.2. The molecule has 2 atom stereocenters. The van der Waals surface area contributed by atoms with Crippen LogP contribution in [0.15, 0.2) is 58.4 Å². The normalized spacial score (nSPS) is 21.2. The predicted molar refractivity (Wildman–Crippen MR) is 148 cm³/mol. The summed E-state index contributed by atoms with van der Waals surface area (Å²) in [4.78, 5) is 33.0. The van der Waals surface area contributed by atoms with Crippen molar-refractivity contribution in [3.63, 3.8) is 0 Å². The summed E-state index contributed by atoms with van der Waals surface area (Å²) in [5, 5.41) is 13.7. The molecule has 0 bridgehead atoms. The number of aromatic nitrogens is 2. The van der Waals surface area contributed by atoms with Crippen molar-refractivity contribution in [1.29, 1.82) is 0 Å². The molecular formula is C25H24N4O5S3. The lowest BCUT2D eigenvalue weighted by atomic mass is 10.1. The molecular weight excluding hydrogens is 532 g/mol. The monoisotopic (exact) mass is 556 g/mol. The highest BCUT2D eigenvalue weighted by molar-refractivity contribution is 8.26. The summed E-state index contributed by atoms with van der Waals surface area (Å²) in [7, 11) is -3.22. The molecule has 2 fully saturated rings. The number of benzene rings is 1. The topological polar surface area (TPSA) is 121 Å². The van der Waals surface area contributed by atoms with E-state index < -0.39 is 27.9 Å². The average Bonchev–Trinajstić information content (AvgIpc) is 3.37. The van der Waals surface area contributed by atoms with E-state index in [1.54, 1.807) is 24.4 Å². The van der Waals surface area contributed by atoms with Crippen molar-refractivity contribution in [3.8, 4) is 0 Å². The van der Waals surface area contributed by atoms with Gasteiger partial charge in [-0.05, 0) is 36.6 Å². The average molecular weight is 557 g/mol. The van der Waals surface area contributed by atoms with Gasteiger partial charge in [0.15, 0.2) is 9.84 Å². The maximum absolute atomic E-state index is 13.5. The molecule has 0 radical (unpaired) electrons. The van der Waals surface area contributed by atoms with E-state index in [1.807, 2.05) is 31.2 Å². The zero-order valence-electron chi connectivity index (χ0n) is 19.8. The van der Waals surface area contributed by atoms with Crippen LogP contribution in [0.5, 0.6) is 0 Å². The van der Waals surface area contributed by atoms with Crippen molar-refractivity contribution >= 4 is 61.6 Å². The molecule has 12 heteroatoms. The molecule has 1 amide bonds. The summed E-state index contributed by atoms with van der Waals surface area (Å²) in [5.74, 6) is -0.318. The number of aliphatic hydroxyl groups is 1. The van der Waals surface area contributed by atoms with Crippen molar-refractivity contribution in [3.05, 3.63) is 80.6 Å². The summed E-state index contributed by atoms with van der Waals surface area (Å²) < 4.78 is 25.6. The third-order valence-electron chi connectivity index (χ3n) is 6.40. The zero-order valence-corrected chi connectivity index (χ0v) is 22.3. The summed E-state index contributed by atoms with van der Waals surface area (Å²) in [5.41, 5.74) is 1.69. The fourth-order valence-corrected chi connectivity index (χ4v) is 7.55. The number of nitrogens with zero attached hydrogens (tertiary/aromatic N) is 3. The molecule has 0 spiro atoms. The molecule has 0 unspecified atom stereocenters. The Balaban J connectivity index is 1.53. The van der Waals surface area contributed by atoms with Crippen LogP contribution in [0.4, 0.5) is 5.82 Å². The lowest BCUT2D eigenvalue weighted by Gasteiger charge is -2.21. The molecule has 1 aromatic carbocycles. The third-order valence-corrected chi connectivity index (χ3v) is 9.48. The quantitative estimate of drug-likeness (QED) is 0.349. The molecule has 9 nitrogen and oxygen atoms in total. The number of hydrogen-bond acceptors (Lipinski definition) is 9. The number of thioether (sulfide) groups is 1. The molecule has 2 aliphatic rings. The van der Waals surface area contributed by atoms with E-state index >= 15 is 0 Å². The van der Waals surface area contributed by atoms with Gasteiger partial charge in [-0.15, -0.1) is 0 Å². The van der Waals surface area contributed by atoms with Gasteiger partial charge in [0.2, 0.25) is 0 Å². The van der Waals surface area contributed by atoms with Crippen LogP contribution in [0.1, 0.15) is 29.2 Å². The number of sulfone groups is 1. The van der Waals surface area contributed by atoms with Crippen LogP contribution in [-0.2, 0) is 14.6 Å². The molecule has 37 heavy (non-hydrogen) atoms. The van der Waals surface area contributed by atoms with Crippen LogP contribution in [-0.4, -0.2) is 62.1 Å². The van der Waals surface area contributed by atoms with Gasteiger partial charge in [-0.1, -0.05) is 60.4 Å². The van der Waals surface area contributed by atoms with Crippen LogP contribution < -0.4 is 10.9 Å². The van der Waals surface area contributed by atoms with Gasteiger partial charge >= 0.3 is 0 Å². The zero-order chi connectivity index (χ0) is 26.3. The summed E-state index contributed by atoms with van der Waals surface area (Å²) >= 11 is 6.44. The van der Waals surface area contributed by atoms with Crippen molar-refractivity contribution < 1.29 is 18.3 Å². The first-order chi connectivity index (χ1) is 17.6. The van der Waals surface area contributed by atoms with E-state index in [2.05, 4.69) is 10.3 Å². The number of pyridine rings is 1. The molecule has 2 aromatic heterocycles. The molecule has 4 heterocycles. The number of aliphatic hydroxyl groups excluding tert-OH is 1. The van der Waals surface area contributed by atoms with Crippen LogP contribution in [0, 0.1) is 6.92 Å². The number of amides is 1. The first-order valence-electron chi connectivity index (χ1n) is 11.6.